The molecule has 1 saturated carbocycles. The number of ether oxygens (including phenoxy) is 2. The zero-order valence-corrected chi connectivity index (χ0v) is 35.7. The molecule has 2 unspecified atom stereocenters. The zero-order valence-electron chi connectivity index (χ0n) is 33.2. The average Bonchev–Trinajstić information content (AvgIpc) is 3.86. The van der Waals surface area contributed by atoms with E-state index in [1.54, 1.807) is 0 Å². The van der Waals surface area contributed by atoms with Crippen molar-refractivity contribution >= 4 is 127 Å². The molecule has 282 valence electrons. The Morgan fingerprint density at radius 3 is 2.26 bits per heavy atom. The largest absolute Gasteiger partial charge is 0.458 e. The predicted octanol–water partition coefficient (Wildman–Crippen LogP) is 10.5. The minimum Gasteiger partial charge on any atom is -0.458 e. The molecule has 1 aliphatic carbocycles. The highest BCUT2D eigenvalue weighted by Gasteiger charge is 2.48. The number of hydrogen-bond donors (Lipinski definition) is 0. The third-order valence-electron chi connectivity index (χ3n) is 14.0. The van der Waals surface area contributed by atoms with Crippen molar-refractivity contribution in [2.45, 2.75) is 66.3 Å². The van der Waals surface area contributed by atoms with Crippen LogP contribution in [0.1, 0.15) is 53.5 Å². The molecule has 7 heterocycles. The summed E-state index contributed by atoms with van der Waals surface area (Å²) in [5.41, 5.74) is 13.3. The Morgan fingerprint density at radius 1 is 0.655 bits per heavy atom. The van der Waals surface area contributed by atoms with Crippen molar-refractivity contribution in [3.63, 3.8) is 0 Å². The van der Waals surface area contributed by atoms with Crippen LogP contribution in [-0.2, 0) is 0 Å². The van der Waals surface area contributed by atoms with E-state index in [4.69, 9.17) is 9.47 Å². The first-order chi connectivity index (χ1) is 28.3. The van der Waals surface area contributed by atoms with Gasteiger partial charge in [0.15, 0.2) is 0 Å². The van der Waals surface area contributed by atoms with Crippen LogP contribution in [0.3, 0.4) is 0 Å². The van der Waals surface area contributed by atoms with E-state index >= 15 is 0 Å². The van der Waals surface area contributed by atoms with Gasteiger partial charge in [-0.3, -0.25) is 0 Å². The smallest absolute Gasteiger partial charge is 0.270 e. The summed E-state index contributed by atoms with van der Waals surface area (Å²) >= 11 is 5.85. The molecular weight excluding hydrogens is 766 g/mol. The maximum absolute atomic E-state index is 7.10. The second-order valence-corrected chi connectivity index (χ2v) is 20.8. The number of thiophene rings is 3. The van der Waals surface area contributed by atoms with E-state index in [9.17, 15) is 0 Å². The molecule has 2 atom stereocenters. The average molecular weight is 807 g/mol. The zero-order chi connectivity index (χ0) is 38.7. The molecular formula is C49H40B2N2O2S3. The minimum absolute atomic E-state index is 0.101. The van der Waals surface area contributed by atoms with E-state index in [1.165, 1.54) is 127 Å². The fraction of sp³-hybridized carbons (Fsp3) is 0.224. The van der Waals surface area contributed by atoms with Gasteiger partial charge in [-0.05, 0) is 139 Å². The van der Waals surface area contributed by atoms with Crippen LogP contribution in [-0.4, -0.2) is 19.5 Å². The Labute approximate surface area is 351 Å². The summed E-state index contributed by atoms with van der Waals surface area (Å²) in [6.07, 6.45) is 5.09. The van der Waals surface area contributed by atoms with Gasteiger partial charge in [-0.25, -0.2) is 0 Å². The maximum atomic E-state index is 7.10. The number of benzene rings is 5. The number of hydrogen-bond acceptors (Lipinski definition) is 7. The van der Waals surface area contributed by atoms with Crippen LogP contribution >= 0.6 is 34.0 Å². The normalized spacial score (nSPS) is 18.3. The van der Waals surface area contributed by atoms with Gasteiger partial charge in [0, 0.05) is 52.5 Å². The Hall–Kier alpha value is -4.95. The summed E-state index contributed by atoms with van der Waals surface area (Å²) in [7, 11) is 0. The number of fused-ring (bicyclic) bond motifs is 12. The van der Waals surface area contributed by atoms with Gasteiger partial charge in [-0.1, -0.05) is 62.2 Å². The number of para-hydroxylation sites is 1. The summed E-state index contributed by atoms with van der Waals surface area (Å²) in [5.74, 6) is 4.70. The van der Waals surface area contributed by atoms with E-state index in [2.05, 4.69) is 135 Å². The second-order valence-electron chi connectivity index (χ2n) is 17.3. The Kier molecular flexibility index (Phi) is 7.06. The van der Waals surface area contributed by atoms with Crippen molar-refractivity contribution in [2.24, 2.45) is 5.92 Å². The first-order valence-corrected chi connectivity index (χ1v) is 23.3. The van der Waals surface area contributed by atoms with Crippen LogP contribution in [0, 0.1) is 33.6 Å². The standard InChI is InChI=1S/C49H40B2N2O2S3/c1-25-12-9-15-32(22-25)52-36-16-10-18-38-42(36)50(47-44(52)27(3)29(5)56-47)35-24-34-30(23-40(35)54-38)20-21-33-45-48(58-46(33)34)51-41-26(2)28(4)57-49(41)53(31-13-7-6-8-14-31)37-17-11-19-39(55-45)43(37)51/h6-8,10-11,13-14,16-21,23-25,32H,9,12,15,22H2,1-5H3. The van der Waals surface area contributed by atoms with Gasteiger partial charge in [-0.2, -0.15) is 11.3 Å². The molecule has 0 radical (unpaired) electrons. The van der Waals surface area contributed by atoms with Gasteiger partial charge in [0.1, 0.15) is 23.0 Å². The minimum atomic E-state index is 0.101. The van der Waals surface area contributed by atoms with E-state index in [-0.39, 0.29) is 13.4 Å². The van der Waals surface area contributed by atoms with Crippen LogP contribution in [0.4, 0.5) is 27.8 Å². The van der Waals surface area contributed by atoms with Crippen molar-refractivity contribution in [3.8, 4) is 23.0 Å². The lowest BCUT2D eigenvalue weighted by molar-refractivity contribution is 0.341. The van der Waals surface area contributed by atoms with E-state index in [1.807, 2.05) is 34.0 Å². The number of nitrogens with zero attached hydrogens (tertiary/aromatic N) is 2. The van der Waals surface area contributed by atoms with Gasteiger partial charge >= 0.3 is 0 Å². The molecule has 0 bridgehead atoms. The van der Waals surface area contributed by atoms with Crippen molar-refractivity contribution in [1.82, 2.24) is 0 Å². The summed E-state index contributed by atoms with van der Waals surface area (Å²) in [6.45, 7) is 11.9. The van der Waals surface area contributed by atoms with Gasteiger partial charge in [0.05, 0.1) is 10.7 Å². The van der Waals surface area contributed by atoms with E-state index in [0.717, 1.165) is 28.9 Å². The molecule has 0 N–H and O–H groups in total. The van der Waals surface area contributed by atoms with Crippen molar-refractivity contribution in [2.75, 3.05) is 9.80 Å². The molecule has 8 aromatic rings. The quantitative estimate of drug-likeness (QED) is 0.163. The van der Waals surface area contributed by atoms with Crippen molar-refractivity contribution in [1.29, 1.82) is 0 Å². The molecule has 9 heteroatoms. The second kappa shape index (κ2) is 12.1. The van der Waals surface area contributed by atoms with E-state index in [0.29, 0.717) is 6.04 Å². The third-order valence-corrected chi connectivity index (χ3v) is 17.8. The summed E-state index contributed by atoms with van der Waals surface area (Å²) in [5, 5.41) is 5.00. The lowest BCUT2D eigenvalue weighted by atomic mass is 9.36. The molecule has 4 nitrogen and oxygen atoms in total. The fourth-order valence-electron chi connectivity index (χ4n) is 11.2. The van der Waals surface area contributed by atoms with Crippen LogP contribution < -0.4 is 50.7 Å². The lowest BCUT2D eigenvalue weighted by Gasteiger charge is -2.44. The molecule has 5 aromatic carbocycles. The molecule has 0 saturated heterocycles. The molecule has 0 amide bonds. The van der Waals surface area contributed by atoms with Crippen molar-refractivity contribution < 1.29 is 9.47 Å². The Morgan fingerprint density at radius 2 is 1.43 bits per heavy atom. The van der Waals surface area contributed by atoms with Crippen LogP contribution in [0.15, 0.2) is 91.0 Å². The molecule has 58 heavy (non-hydrogen) atoms. The fourth-order valence-corrected chi connectivity index (χ4v) is 15.1. The van der Waals surface area contributed by atoms with Crippen molar-refractivity contribution in [3.05, 3.63) is 112 Å². The van der Waals surface area contributed by atoms with Gasteiger partial charge in [-0.15, -0.1) is 22.7 Å². The number of anilines is 5. The Bertz CT molecular complexity index is 3090. The van der Waals surface area contributed by atoms with Gasteiger partial charge < -0.3 is 19.3 Å². The third kappa shape index (κ3) is 4.42. The topological polar surface area (TPSA) is 24.9 Å². The highest BCUT2D eigenvalue weighted by Crippen LogP contribution is 2.49. The van der Waals surface area contributed by atoms with E-state index < -0.39 is 0 Å². The van der Waals surface area contributed by atoms with Crippen LogP contribution in [0.5, 0.6) is 23.0 Å². The maximum Gasteiger partial charge on any atom is 0.270 e. The van der Waals surface area contributed by atoms with Crippen LogP contribution in [0.2, 0.25) is 0 Å². The summed E-state index contributed by atoms with van der Waals surface area (Å²) < 4.78 is 18.2. The molecule has 4 aliphatic heterocycles. The highest BCUT2D eigenvalue weighted by molar-refractivity contribution is 7.35. The van der Waals surface area contributed by atoms with Gasteiger partial charge in [0.2, 0.25) is 0 Å². The Balaban J connectivity index is 1.02. The first kappa shape index (κ1) is 34.0. The SMILES string of the molecule is Cc1sc2c(c1C)B1c3sc4c(ccc5cc6c(cc54)B4c5sc(C)c(C)c5N(C5CCCC(C)C5)c5cccc(c54)O6)c3Oc3cccc(c31)N2c1ccccc1. The predicted molar refractivity (Wildman–Crippen MR) is 251 cm³/mol. The monoisotopic (exact) mass is 806 g/mol. The molecule has 3 aromatic heterocycles. The summed E-state index contributed by atoms with van der Waals surface area (Å²) in [4.78, 5) is 8.00. The highest BCUT2D eigenvalue weighted by atomic mass is 32.1. The number of rotatable bonds is 2. The van der Waals surface area contributed by atoms with Gasteiger partial charge in [0.25, 0.3) is 13.4 Å². The molecule has 5 aliphatic rings. The lowest BCUT2D eigenvalue weighted by Crippen LogP contribution is -2.60. The number of aryl methyl sites for hydroxylation is 2. The molecule has 1 fully saturated rings. The first-order valence-electron chi connectivity index (χ1n) is 20.8. The van der Waals surface area contributed by atoms with Crippen LogP contribution in [0.25, 0.3) is 20.9 Å². The summed E-state index contributed by atoms with van der Waals surface area (Å²) in [6, 6.07) is 34.1. The molecule has 13 rings (SSSR count). The molecule has 0 spiro atoms.